The van der Waals surface area contributed by atoms with E-state index in [1.807, 2.05) is 22.1 Å². The first-order chi connectivity index (χ1) is 12.1. The molecule has 4 nitrogen and oxygen atoms in total. The molecular weight excluding hydrogens is 397 g/mol. The summed E-state index contributed by atoms with van der Waals surface area (Å²) >= 11 is 15.0. The van der Waals surface area contributed by atoms with Crippen LogP contribution in [0.25, 0.3) is 11.4 Å². The fourth-order valence-corrected chi connectivity index (χ4v) is 4.28. The highest BCUT2D eigenvalue weighted by Gasteiger charge is 2.17. The number of carbonyl (C=O) groups is 1. The van der Waals surface area contributed by atoms with Gasteiger partial charge in [-0.05, 0) is 29.6 Å². The summed E-state index contributed by atoms with van der Waals surface area (Å²) in [5.74, 6) is 0.983. The van der Waals surface area contributed by atoms with Gasteiger partial charge in [0.05, 0.1) is 15.7 Å². The van der Waals surface area contributed by atoms with Crippen LogP contribution < -0.4 is 0 Å². The summed E-state index contributed by atoms with van der Waals surface area (Å²) in [4.78, 5) is 12.9. The summed E-state index contributed by atoms with van der Waals surface area (Å²) in [6.07, 6.45) is 1.75. The van der Waals surface area contributed by atoms with E-state index >= 15 is 0 Å². The van der Waals surface area contributed by atoms with Gasteiger partial charge >= 0.3 is 0 Å². The van der Waals surface area contributed by atoms with Crippen LogP contribution in [0.5, 0.6) is 0 Å². The van der Waals surface area contributed by atoms with Crippen LogP contribution in [0, 0.1) is 0 Å². The molecule has 0 saturated carbocycles. The molecule has 0 radical (unpaired) electrons. The number of hydrogen-bond donors (Lipinski definition) is 0. The quantitative estimate of drug-likeness (QED) is 0.294. The number of rotatable bonds is 7. The van der Waals surface area contributed by atoms with E-state index in [2.05, 4.69) is 16.8 Å². The number of allylic oxidation sites excluding steroid dienone is 1. The van der Waals surface area contributed by atoms with Gasteiger partial charge in [0.1, 0.15) is 0 Å². The lowest BCUT2D eigenvalue weighted by atomic mass is 10.2. The third kappa shape index (κ3) is 4.15. The molecule has 0 atom stereocenters. The lowest BCUT2D eigenvalue weighted by Gasteiger charge is -2.09. The maximum Gasteiger partial charge on any atom is 0.192 e. The monoisotopic (exact) mass is 409 g/mol. The number of nitrogens with zero attached hydrogens (tertiary/aromatic N) is 3. The normalized spacial score (nSPS) is 10.8. The van der Waals surface area contributed by atoms with Crippen LogP contribution in [-0.4, -0.2) is 26.3 Å². The molecular formula is C17H13Cl2N3OS2. The number of ketones is 1. The zero-order valence-electron chi connectivity index (χ0n) is 13.0. The first-order valence-corrected chi connectivity index (χ1v) is 9.91. The Morgan fingerprint density at radius 3 is 2.84 bits per heavy atom. The van der Waals surface area contributed by atoms with Crippen LogP contribution in [0.1, 0.15) is 9.67 Å². The van der Waals surface area contributed by atoms with Crippen LogP contribution in [0.3, 0.4) is 0 Å². The molecule has 0 unspecified atom stereocenters. The van der Waals surface area contributed by atoms with Gasteiger partial charge in [-0.25, -0.2) is 0 Å². The molecule has 0 bridgehead atoms. The minimum Gasteiger partial charge on any atom is -0.298 e. The van der Waals surface area contributed by atoms with Gasteiger partial charge in [0.2, 0.25) is 0 Å². The van der Waals surface area contributed by atoms with Gasteiger partial charge < -0.3 is 0 Å². The predicted octanol–water partition coefficient (Wildman–Crippen LogP) is 5.47. The Labute approximate surface area is 163 Å². The Balaban J connectivity index is 1.86. The molecule has 0 spiro atoms. The van der Waals surface area contributed by atoms with Crippen molar-refractivity contribution in [3.63, 3.8) is 0 Å². The van der Waals surface area contributed by atoms with E-state index < -0.39 is 0 Å². The van der Waals surface area contributed by atoms with Crippen LogP contribution in [0.15, 0.2) is 53.5 Å². The van der Waals surface area contributed by atoms with E-state index in [0.717, 1.165) is 10.4 Å². The molecule has 0 amide bonds. The van der Waals surface area contributed by atoms with Crippen LogP contribution in [0.2, 0.25) is 10.0 Å². The Hall–Kier alpha value is -1.60. The minimum absolute atomic E-state index is 0.0687. The summed E-state index contributed by atoms with van der Waals surface area (Å²) in [5, 5.41) is 12.0. The smallest absolute Gasteiger partial charge is 0.192 e. The number of thiophene rings is 1. The van der Waals surface area contributed by atoms with Gasteiger partial charge in [-0.2, -0.15) is 0 Å². The molecule has 0 saturated heterocycles. The van der Waals surface area contributed by atoms with Gasteiger partial charge in [-0.1, -0.05) is 47.1 Å². The first kappa shape index (κ1) is 18.2. The molecule has 0 aliphatic heterocycles. The second-order valence-electron chi connectivity index (χ2n) is 5.02. The van der Waals surface area contributed by atoms with Crippen molar-refractivity contribution in [2.24, 2.45) is 0 Å². The largest absolute Gasteiger partial charge is 0.298 e. The van der Waals surface area contributed by atoms with E-state index in [-0.39, 0.29) is 5.78 Å². The van der Waals surface area contributed by atoms with Crippen molar-refractivity contribution in [1.82, 2.24) is 14.8 Å². The van der Waals surface area contributed by atoms with Crippen molar-refractivity contribution >= 4 is 52.1 Å². The number of carbonyl (C=O) groups excluding carboxylic acids is 1. The van der Waals surface area contributed by atoms with Crippen molar-refractivity contribution < 1.29 is 4.79 Å². The average molecular weight is 410 g/mol. The molecule has 0 aliphatic rings. The molecule has 3 aromatic rings. The molecule has 3 rings (SSSR count). The van der Waals surface area contributed by atoms with Crippen molar-refractivity contribution in [1.29, 1.82) is 0 Å². The van der Waals surface area contributed by atoms with E-state index in [4.69, 9.17) is 23.2 Å². The van der Waals surface area contributed by atoms with Gasteiger partial charge in [-0.3, -0.25) is 9.36 Å². The number of hydrogen-bond acceptors (Lipinski definition) is 5. The highest BCUT2D eigenvalue weighted by Crippen LogP contribution is 2.31. The summed E-state index contributed by atoms with van der Waals surface area (Å²) < 4.78 is 1.88. The molecule has 2 heterocycles. The van der Waals surface area contributed by atoms with Crippen molar-refractivity contribution in [2.45, 2.75) is 11.7 Å². The lowest BCUT2D eigenvalue weighted by Crippen LogP contribution is -2.04. The van der Waals surface area contributed by atoms with Crippen LogP contribution >= 0.6 is 46.3 Å². The molecule has 0 aliphatic carbocycles. The summed E-state index contributed by atoms with van der Waals surface area (Å²) in [6.45, 7) is 4.29. The zero-order chi connectivity index (χ0) is 17.8. The van der Waals surface area contributed by atoms with E-state index in [1.165, 1.54) is 23.1 Å². The van der Waals surface area contributed by atoms with E-state index in [1.54, 1.807) is 24.3 Å². The number of halogens is 2. The number of thioether (sulfide) groups is 1. The Morgan fingerprint density at radius 1 is 1.32 bits per heavy atom. The molecule has 0 fully saturated rings. The van der Waals surface area contributed by atoms with E-state index in [0.29, 0.717) is 33.3 Å². The summed E-state index contributed by atoms with van der Waals surface area (Å²) in [6, 6.07) is 8.91. The van der Waals surface area contributed by atoms with Gasteiger partial charge in [-0.15, -0.1) is 28.1 Å². The summed E-state index contributed by atoms with van der Waals surface area (Å²) in [5.41, 5.74) is 0.733. The standard InChI is InChI=1S/C17H13Cl2N3OS2/c1-2-7-22-16(12-6-5-11(18)9-13(12)19)20-21-17(22)25-10-14(23)15-4-3-8-24-15/h2-6,8-9H,1,7,10H2. The van der Waals surface area contributed by atoms with Gasteiger partial charge in [0, 0.05) is 17.1 Å². The third-order valence-electron chi connectivity index (χ3n) is 3.33. The zero-order valence-corrected chi connectivity index (χ0v) is 16.1. The molecule has 25 heavy (non-hydrogen) atoms. The second-order valence-corrected chi connectivity index (χ2v) is 7.75. The number of Topliss-reactive ketones (excluding diaryl/α,β-unsaturated/α-hetero) is 1. The lowest BCUT2D eigenvalue weighted by molar-refractivity contribution is 0.102. The second kappa shape index (κ2) is 8.19. The highest BCUT2D eigenvalue weighted by molar-refractivity contribution is 7.99. The minimum atomic E-state index is 0.0687. The highest BCUT2D eigenvalue weighted by atomic mass is 35.5. The molecule has 1 aromatic carbocycles. The van der Waals surface area contributed by atoms with Gasteiger partial charge in [0.25, 0.3) is 0 Å². The summed E-state index contributed by atoms with van der Waals surface area (Å²) in [7, 11) is 0. The van der Waals surface area contributed by atoms with E-state index in [9.17, 15) is 4.79 Å². The maximum absolute atomic E-state index is 12.2. The fraction of sp³-hybridized carbons (Fsp3) is 0.118. The molecule has 8 heteroatoms. The predicted molar refractivity (Wildman–Crippen MR) is 105 cm³/mol. The number of aromatic nitrogens is 3. The van der Waals surface area contributed by atoms with Crippen molar-refractivity contribution in [3.8, 4) is 11.4 Å². The Morgan fingerprint density at radius 2 is 2.16 bits per heavy atom. The number of benzene rings is 1. The third-order valence-corrected chi connectivity index (χ3v) is 5.75. The average Bonchev–Trinajstić information content (AvgIpc) is 3.24. The Kier molecular flexibility index (Phi) is 5.96. The van der Waals surface area contributed by atoms with Crippen molar-refractivity contribution in [3.05, 3.63) is 63.3 Å². The topological polar surface area (TPSA) is 47.8 Å². The Bertz CT molecular complexity index is 907. The van der Waals surface area contributed by atoms with Crippen LogP contribution in [-0.2, 0) is 6.54 Å². The fourth-order valence-electron chi connectivity index (χ4n) is 2.20. The molecule has 128 valence electrons. The maximum atomic E-state index is 12.2. The molecule has 0 N–H and O–H groups in total. The molecule has 2 aromatic heterocycles. The van der Waals surface area contributed by atoms with Crippen molar-refractivity contribution in [2.75, 3.05) is 5.75 Å². The first-order valence-electron chi connectivity index (χ1n) is 7.29. The SMILES string of the molecule is C=CCn1c(SCC(=O)c2cccs2)nnc1-c1ccc(Cl)cc1Cl. The van der Waals surface area contributed by atoms with Crippen LogP contribution in [0.4, 0.5) is 0 Å². The van der Waals surface area contributed by atoms with Gasteiger partial charge in [0.15, 0.2) is 16.8 Å².